The molecule has 8 heavy (non-hydrogen) atoms. The molecule has 1 N–H and O–H groups in total. The van der Waals surface area contributed by atoms with Crippen LogP contribution in [0.15, 0.2) is 0 Å². The van der Waals surface area contributed by atoms with E-state index < -0.39 is 0 Å². The summed E-state index contributed by atoms with van der Waals surface area (Å²) >= 11 is 0. The second-order valence-electron chi connectivity index (χ2n) is 3.14. The van der Waals surface area contributed by atoms with Crippen LogP contribution < -0.4 is 4.90 Å². The Morgan fingerprint density at radius 3 is 2.12 bits per heavy atom. The van der Waals surface area contributed by atoms with Crippen molar-refractivity contribution in [1.29, 1.82) is 0 Å². The molecule has 1 fully saturated rings. The van der Waals surface area contributed by atoms with Crippen molar-refractivity contribution in [3.05, 3.63) is 0 Å². The van der Waals surface area contributed by atoms with E-state index in [1.54, 1.807) is 4.90 Å². The van der Waals surface area contributed by atoms with Gasteiger partial charge in [-0.1, -0.05) is 6.92 Å². The highest BCUT2D eigenvalue weighted by atomic mass is 15.1. The summed E-state index contributed by atoms with van der Waals surface area (Å²) in [7, 11) is 2.28. The van der Waals surface area contributed by atoms with Crippen LogP contribution in [0.4, 0.5) is 0 Å². The Kier molecular flexibility index (Phi) is 1.90. The van der Waals surface area contributed by atoms with Gasteiger partial charge in [0.1, 0.15) is 0 Å². The van der Waals surface area contributed by atoms with Crippen LogP contribution in [-0.4, -0.2) is 20.1 Å². The molecule has 0 unspecified atom stereocenters. The molecule has 0 aromatic heterocycles. The normalized spacial score (nSPS) is 39.8. The first kappa shape index (κ1) is 6.09. The minimum absolute atomic E-state index is 0.999. The van der Waals surface area contributed by atoms with E-state index in [0.717, 1.165) is 5.92 Å². The molecule has 0 atom stereocenters. The fourth-order valence-electron chi connectivity index (χ4n) is 1.25. The Balaban J connectivity index is 2.19. The predicted octanol–water partition coefficient (Wildman–Crippen LogP) is -0.0690. The molecular formula is C7H16N+. The van der Waals surface area contributed by atoms with Crippen LogP contribution in [0.1, 0.15) is 19.8 Å². The Bertz CT molecular complexity index is 52.8. The first-order chi connectivity index (χ1) is 3.79. The zero-order valence-electron chi connectivity index (χ0n) is 5.91. The Labute approximate surface area is 51.7 Å². The van der Waals surface area contributed by atoms with Gasteiger partial charge in [0.05, 0.1) is 20.1 Å². The molecule has 0 saturated carbocycles. The molecule has 0 aromatic rings. The summed E-state index contributed by atoms with van der Waals surface area (Å²) in [5.41, 5.74) is 0. The van der Waals surface area contributed by atoms with Gasteiger partial charge in [0.25, 0.3) is 0 Å². The highest BCUT2D eigenvalue weighted by Gasteiger charge is 2.13. The van der Waals surface area contributed by atoms with E-state index in [9.17, 15) is 0 Å². The standard InChI is InChI=1S/C7H15N/c1-7-3-5-8(2)6-4-7/h7H,3-6H2,1-2H3/p+1. The highest BCUT2D eigenvalue weighted by molar-refractivity contribution is 4.54. The molecule has 1 saturated heterocycles. The van der Waals surface area contributed by atoms with Gasteiger partial charge in [-0.15, -0.1) is 0 Å². The highest BCUT2D eigenvalue weighted by Crippen LogP contribution is 2.05. The van der Waals surface area contributed by atoms with Crippen LogP contribution in [0.5, 0.6) is 0 Å². The van der Waals surface area contributed by atoms with Crippen molar-refractivity contribution in [1.82, 2.24) is 0 Å². The number of quaternary nitrogens is 1. The van der Waals surface area contributed by atoms with E-state index in [1.807, 2.05) is 0 Å². The van der Waals surface area contributed by atoms with Gasteiger partial charge in [-0.05, 0) is 18.8 Å². The maximum absolute atomic E-state index is 2.35. The van der Waals surface area contributed by atoms with Crippen LogP contribution in [0, 0.1) is 5.92 Å². The van der Waals surface area contributed by atoms with Gasteiger partial charge < -0.3 is 4.90 Å². The van der Waals surface area contributed by atoms with E-state index >= 15 is 0 Å². The van der Waals surface area contributed by atoms with Crippen molar-refractivity contribution < 1.29 is 4.90 Å². The van der Waals surface area contributed by atoms with Crippen molar-refractivity contribution >= 4 is 0 Å². The van der Waals surface area contributed by atoms with Gasteiger partial charge in [-0.25, -0.2) is 0 Å². The third-order valence-corrected chi connectivity index (χ3v) is 2.13. The van der Waals surface area contributed by atoms with Crippen LogP contribution in [0.25, 0.3) is 0 Å². The Morgan fingerprint density at radius 2 is 1.75 bits per heavy atom. The first-order valence-corrected chi connectivity index (χ1v) is 3.60. The maximum atomic E-state index is 2.35. The quantitative estimate of drug-likeness (QED) is 0.449. The number of piperidine rings is 1. The van der Waals surface area contributed by atoms with E-state index in [4.69, 9.17) is 0 Å². The van der Waals surface area contributed by atoms with Gasteiger partial charge in [0, 0.05) is 0 Å². The number of nitrogens with one attached hydrogen (secondary N) is 1. The third kappa shape index (κ3) is 1.48. The lowest BCUT2D eigenvalue weighted by atomic mass is 10.00. The summed E-state index contributed by atoms with van der Waals surface area (Å²) in [6, 6.07) is 0. The predicted molar refractivity (Wildman–Crippen MR) is 35.0 cm³/mol. The number of hydrogen-bond donors (Lipinski definition) is 1. The molecule has 0 aliphatic carbocycles. The summed E-state index contributed by atoms with van der Waals surface area (Å²) in [5, 5.41) is 0. The first-order valence-electron chi connectivity index (χ1n) is 3.60. The average Bonchev–Trinajstić information content (AvgIpc) is 1.77. The molecule has 0 bridgehead atoms. The van der Waals surface area contributed by atoms with Crippen molar-refractivity contribution in [2.24, 2.45) is 5.92 Å². The van der Waals surface area contributed by atoms with Crippen LogP contribution in [-0.2, 0) is 0 Å². The third-order valence-electron chi connectivity index (χ3n) is 2.13. The fraction of sp³-hybridized carbons (Fsp3) is 1.00. The molecule has 48 valence electrons. The summed E-state index contributed by atoms with van der Waals surface area (Å²) < 4.78 is 0. The summed E-state index contributed by atoms with van der Waals surface area (Å²) in [6.07, 6.45) is 2.87. The van der Waals surface area contributed by atoms with Gasteiger partial charge in [-0.2, -0.15) is 0 Å². The van der Waals surface area contributed by atoms with Crippen molar-refractivity contribution in [2.75, 3.05) is 20.1 Å². The Hall–Kier alpha value is -0.0400. The number of rotatable bonds is 0. The summed E-state index contributed by atoms with van der Waals surface area (Å²) in [4.78, 5) is 1.71. The molecule has 1 aliphatic rings. The molecule has 1 rings (SSSR count). The lowest BCUT2D eigenvalue weighted by Gasteiger charge is -2.23. The molecule has 1 heterocycles. The summed E-state index contributed by atoms with van der Waals surface area (Å²) in [5.74, 6) is 0.999. The smallest absolute Gasteiger partial charge is 0.0771 e. The minimum atomic E-state index is 0.999. The lowest BCUT2D eigenvalue weighted by Crippen LogP contribution is -3.10. The molecule has 1 heteroatoms. The second kappa shape index (κ2) is 2.49. The average molecular weight is 114 g/mol. The minimum Gasteiger partial charge on any atom is -0.337 e. The fourth-order valence-corrected chi connectivity index (χ4v) is 1.25. The maximum Gasteiger partial charge on any atom is 0.0771 e. The molecule has 0 aromatic carbocycles. The topological polar surface area (TPSA) is 4.44 Å². The van der Waals surface area contributed by atoms with Gasteiger partial charge >= 0.3 is 0 Å². The van der Waals surface area contributed by atoms with Crippen LogP contribution >= 0.6 is 0 Å². The SMILES string of the molecule is CC1CC[NH+](C)CC1. The number of likely N-dealkylation sites (tertiary alicyclic amines) is 1. The molecule has 0 amide bonds. The van der Waals surface area contributed by atoms with Crippen molar-refractivity contribution in [3.63, 3.8) is 0 Å². The van der Waals surface area contributed by atoms with Gasteiger partial charge in [-0.3, -0.25) is 0 Å². The van der Waals surface area contributed by atoms with E-state index in [0.29, 0.717) is 0 Å². The number of hydrogen-bond acceptors (Lipinski definition) is 0. The molecule has 0 radical (unpaired) electrons. The summed E-state index contributed by atoms with van der Waals surface area (Å²) in [6.45, 7) is 5.13. The zero-order chi connectivity index (χ0) is 5.98. The zero-order valence-corrected chi connectivity index (χ0v) is 5.91. The van der Waals surface area contributed by atoms with Crippen molar-refractivity contribution in [3.8, 4) is 0 Å². The molecular weight excluding hydrogens is 98.1 g/mol. The van der Waals surface area contributed by atoms with Gasteiger partial charge in [0.2, 0.25) is 0 Å². The van der Waals surface area contributed by atoms with Crippen molar-refractivity contribution in [2.45, 2.75) is 19.8 Å². The molecule has 0 spiro atoms. The Morgan fingerprint density at radius 1 is 1.25 bits per heavy atom. The van der Waals surface area contributed by atoms with Gasteiger partial charge in [0.15, 0.2) is 0 Å². The van der Waals surface area contributed by atoms with Crippen LogP contribution in [0.2, 0.25) is 0 Å². The second-order valence-corrected chi connectivity index (χ2v) is 3.14. The lowest BCUT2D eigenvalue weighted by molar-refractivity contribution is -0.885. The van der Waals surface area contributed by atoms with E-state index in [2.05, 4.69) is 14.0 Å². The molecule has 1 nitrogen and oxygen atoms in total. The largest absolute Gasteiger partial charge is 0.337 e. The van der Waals surface area contributed by atoms with E-state index in [-0.39, 0.29) is 0 Å². The monoisotopic (exact) mass is 114 g/mol. The van der Waals surface area contributed by atoms with Crippen LogP contribution in [0.3, 0.4) is 0 Å². The molecule has 1 aliphatic heterocycles. The van der Waals surface area contributed by atoms with E-state index in [1.165, 1.54) is 25.9 Å².